The average molecular weight is 404 g/mol. The zero-order chi connectivity index (χ0) is 20.6. The molecule has 0 saturated heterocycles. The number of fused-ring (bicyclic) bond motifs is 5. The fraction of sp³-hybridized carbons (Fsp3) is 0.920. The van der Waals surface area contributed by atoms with E-state index in [4.69, 9.17) is 5.11 Å². The van der Waals surface area contributed by atoms with E-state index in [9.17, 15) is 9.59 Å². The molecule has 4 aliphatic carbocycles. The third-order valence-corrected chi connectivity index (χ3v) is 10.2. The van der Waals surface area contributed by atoms with Crippen LogP contribution in [0.5, 0.6) is 0 Å². The van der Waals surface area contributed by atoms with Crippen LogP contribution in [0.2, 0.25) is 0 Å². The minimum absolute atomic E-state index is 0.112. The van der Waals surface area contributed by atoms with Crippen molar-refractivity contribution in [2.75, 3.05) is 6.54 Å². The Morgan fingerprint density at radius 3 is 2.52 bits per heavy atom. The quantitative estimate of drug-likeness (QED) is 0.623. The summed E-state index contributed by atoms with van der Waals surface area (Å²) in [6.45, 7) is 4.97. The van der Waals surface area contributed by atoms with Crippen LogP contribution in [0, 0.1) is 40.4 Å². The smallest absolute Gasteiger partial charge is 0.322 e. The molecule has 4 fully saturated rings. The summed E-state index contributed by atoms with van der Waals surface area (Å²) in [6, 6.07) is 0. The molecule has 4 nitrogen and oxygen atoms in total. The first-order chi connectivity index (χ1) is 13.8. The molecule has 4 rings (SSSR count). The van der Waals surface area contributed by atoms with Crippen molar-refractivity contribution in [3.63, 3.8) is 0 Å². The predicted octanol–water partition coefficient (Wildman–Crippen LogP) is 5.41. The van der Waals surface area contributed by atoms with E-state index < -0.39 is 5.97 Å². The Kier molecular flexibility index (Phi) is 6.01. The molecule has 0 aromatic rings. The molecule has 164 valence electrons. The maximum Gasteiger partial charge on any atom is 0.322 e. The van der Waals surface area contributed by atoms with Crippen LogP contribution in [-0.4, -0.2) is 23.5 Å². The topological polar surface area (TPSA) is 66.4 Å². The molecule has 29 heavy (non-hydrogen) atoms. The zero-order valence-electron chi connectivity index (χ0n) is 18.5. The summed E-state index contributed by atoms with van der Waals surface area (Å²) in [5.41, 5.74) is 1.08. The number of amides is 1. The number of hydrogen-bond acceptors (Lipinski definition) is 2. The van der Waals surface area contributed by atoms with Gasteiger partial charge in [-0.2, -0.15) is 0 Å². The van der Waals surface area contributed by atoms with E-state index in [0.717, 1.165) is 42.4 Å². The van der Waals surface area contributed by atoms with Gasteiger partial charge in [0, 0.05) is 6.42 Å². The van der Waals surface area contributed by atoms with Gasteiger partial charge in [-0.25, -0.2) is 0 Å². The number of hydrogen-bond donors (Lipinski definition) is 2. The van der Waals surface area contributed by atoms with E-state index in [1.165, 1.54) is 64.2 Å². The fourth-order valence-corrected chi connectivity index (χ4v) is 8.65. The van der Waals surface area contributed by atoms with Crippen molar-refractivity contribution < 1.29 is 14.7 Å². The number of nitrogens with one attached hydrogen (secondary N) is 1. The van der Waals surface area contributed by atoms with Crippen molar-refractivity contribution in [1.29, 1.82) is 0 Å². The summed E-state index contributed by atoms with van der Waals surface area (Å²) in [4.78, 5) is 22.5. The van der Waals surface area contributed by atoms with Gasteiger partial charge in [-0.1, -0.05) is 26.7 Å². The van der Waals surface area contributed by atoms with Crippen LogP contribution in [0.25, 0.3) is 0 Å². The third kappa shape index (κ3) is 3.85. The molecule has 0 spiro atoms. The average Bonchev–Trinajstić information content (AvgIpc) is 3.02. The molecule has 0 radical (unpaired) electrons. The number of rotatable bonds is 6. The van der Waals surface area contributed by atoms with Gasteiger partial charge >= 0.3 is 5.97 Å². The van der Waals surface area contributed by atoms with Crippen LogP contribution in [-0.2, 0) is 9.59 Å². The lowest BCUT2D eigenvalue weighted by Gasteiger charge is -2.60. The highest BCUT2D eigenvalue weighted by Crippen LogP contribution is 2.67. The van der Waals surface area contributed by atoms with E-state index in [1.54, 1.807) is 0 Å². The lowest BCUT2D eigenvalue weighted by Crippen LogP contribution is -2.52. The summed E-state index contributed by atoms with van der Waals surface area (Å²) in [6.07, 6.45) is 16.8. The number of aliphatic carboxylic acids is 1. The summed E-state index contributed by atoms with van der Waals surface area (Å²) in [7, 11) is 0. The van der Waals surface area contributed by atoms with Gasteiger partial charge in [-0.15, -0.1) is 0 Å². The minimum atomic E-state index is -0.970. The third-order valence-electron chi connectivity index (χ3n) is 10.2. The van der Waals surface area contributed by atoms with Gasteiger partial charge in [0.1, 0.15) is 6.54 Å². The van der Waals surface area contributed by atoms with Crippen LogP contribution in [0.1, 0.15) is 97.3 Å². The van der Waals surface area contributed by atoms with Crippen LogP contribution < -0.4 is 5.32 Å². The Bertz CT molecular complexity index is 634. The Hall–Kier alpha value is -1.06. The first kappa shape index (κ1) is 21.2. The van der Waals surface area contributed by atoms with E-state index in [-0.39, 0.29) is 12.5 Å². The molecule has 4 heteroatoms. The van der Waals surface area contributed by atoms with E-state index in [1.807, 2.05) is 0 Å². The molecule has 7 atom stereocenters. The van der Waals surface area contributed by atoms with Gasteiger partial charge in [-0.3, -0.25) is 9.59 Å². The standard InChI is InChI=1S/C25H41NO3/c1-24-14-4-3-6-17(24)9-11-19-20-12-10-18(25(20,2)15-13-21(19)24)7-5-8-22(27)26-16-23(28)29/h17-21H,3-16H2,1-2H3,(H,26,27)(H,28,29)/t17?,18-,19?,20?,21?,24?,25+/m0/s1. The maximum absolute atomic E-state index is 11.9. The molecule has 0 heterocycles. The highest BCUT2D eigenvalue weighted by Gasteiger charge is 2.59. The number of carboxylic acid groups (broad SMARTS) is 1. The maximum atomic E-state index is 11.9. The van der Waals surface area contributed by atoms with E-state index >= 15 is 0 Å². The van der Waals surface area contributed by atoms with Crippen LogP contribution in [0.3, 0.4) is 0 Å². The molecular formula is C25H41NO3. The molecule has 1 amide bonds. The second-order valence-electron chi connectivity index (χ2n) is 11.3. The predicted molar refractivity (Wildman–Crippen MR) is 114 cm³/mol. The largest absolute Gasteiger partial charge is 0.480 e. The zero-order valence-corrected chi connectivity index (χ0v) is 18.5. The molecule has 0 aromatic heterocycles. The summed E-state index contributed by atoms with van der Waals surface area (Å²) in [5.74, 6) is 3.45. The van der Waals surface area contributed by atoms with Gasteiger partial charge in [0.15, 0.2) is 0 Å². The fourth-order valence-electron chi connectivity index (χ4n) is 8.65. The molecule has 0 bridgehead atoms. The normalized spacial score (nSPS) is 43.7. The number of carbonyl (C=O) groups is 2. The number of carbonyl (C=O) groups excluding carboxylic acids is 1. The van der Waals surface area contributed by atoms with Gasteiger partial charge in [-0.05, 0) is 105 Å². The number of carboxylic acids is 1. The van der Waals surface area contributed by atoms with Gasteiger partial charge < -0.3 is 10.4 Å². The van der Waals surface area contributed by atoms with Crippen molar-refractivity contribution in [3.8, 4) is 0 Å². The summed E-state index contributed by atoms with van der Waals surface area (Å²) >= 11 is 0. The Balaban J connectivity index is 1.35. The Morgan fingerprint density at radius 1 is 0.931 bits per heavy atom. The van der Waals surface area contributed by atoms with Crippen molar-refractivity contribution in [3.05, 3.63) is 0 Å². The van der Waals surface area contributed by atoms with Crippen molar-refractivity contribution in [2.24, 2.45) is 40.4 Å². The Labute approximate surface area is 176 Å². The van der Waals surface area contributed by atoms with Crippen molar-refractivity contribution >= 4 is 11.9 Å². The Morgan fingerprint density at radius 2 is 1.72 bits per heavy atom. The molecule has 4 aliphatic rings. The molecule has 5 unspecified atom stereocenters. The minimum Gasteiger partial charge on any atom is -0.480 e. The first-order valence-corrected chi connectivity index (χ1v) is 12.3. The molecule has 0 aromatic carbocycles. The van der Waals surface area contributed by atoms with Crippen LogP contribution in [0.15, 0.2) is 0 Å². The first-order valence-electron chi connectivity index (χ1n) is 12.3. The highest BCUT2D eigenvalue weighted by molar-refractivity contribution is 5.80. The van der Waals surface area contributed by atoms with E-state index in [2.05, 4.69) is 19.2 Å². The van der Waals surface area contributed by atoms with Crippen LogP contribution >= 0.6 is 0 Å². The van der Waals surface area contributed by atoms with E-state index in [0.29, 0.717) is 17.3 Å². The lowest BCUT2D eigenvalue weighted by molar-refractivity contribution is -0.138. The summed E-state index contributed by atoms with van der Waals surface area (Å²) < 4.78 is 0. The van der Waals surface area contributed by atoms with Crippen molar-refractivity contribution in [2.45, 2.75) is 97.3 Å². The lowest BCUT2D eigenvalue weighted by atomic mass is 9.45. The monoisotopic (exact) mass is 403 g/mol. The van der Waals surface area contributed by atoms with Gasteiger partial charge in [0.25, 0.3) is 0 Å². The molecule has 0 aliphatic heterocycles. The van der Waals surface area contributed by atoms with Crippen molar-refractivity contribution in [1.82, 2.24) is 5.32 Å². The highest BCUT2D eigenvalue weighted by atomic mass is 16.4. The van der Waals surface area contributed by atoms with Crippen LogP contribution in [0.4, 0.5) is 0 Å². The van der Waals surface area contributed by atoms with Gasteiger partial charge in [0.2, 0.25) is 5.91 Å². The summed E-state index contributed by atoms with van der Waals surface area (Å²) in [5, 5.41) is 11.2. The second-order valence-corrected chi connectivity index (χ2v) is 11.3. The second kappa shape index (κ2) is 8.23. The van der Waals surface area contributed by atoms with Gasteiger partial charge in [0.05, 0.1) is 0 Å². The molecule has 2 N–H and O–H groups in total. The SMILES string of the molecule is CC12CCCCC1CCC1C2CC[C@@]2(C)C1CC[C@@H]2CCCC(=O)NCC(=O)O. The molecule has 4 saturated carbocycles. The molecular weight excluding hydrogens is 362 g/mol.